The molecule has 1 aromatic carbocycles. The Morgan fingerprint density at radius 2 is 1.86 bits per heavy atom. The fourth-order valence-corrected chi connectivity index (χ4v) is 2.03. The number of nitrogens with zero attached hydrogens (tertiary/aromatic N) is 1. The molecule has 0 spiro atoms. The first-order valence-corrected chi connectivity index (χ1v) is 6.84. The summed E-state index contributed by atoms with van der Waals surface area (Å²) in [7, 11) is 0. The molecule has 0 saturated heterocycles. The Bertz CT molecular complexity index is 721. The molecule has 2 rings (SSSR count). The van der Waals surface area contributed by atoms with Gasteiger partial charge in [-0.25, -0.2) is 4.79 Å². The highest BCUT2D eigenvalue weighted by molar-refractivity contribution is 6.34. The third-order valence-electron chi connectivity index (χ3n) is 2.76. The molecule has 0 atom stereocenters. The highest BCUT2D eigenvalue weighted by atomic mass is 35.5. The zero-order valence-electron chi connectivity index (χ0n) is 11.7. The van der Waals surface area contributed by atoms with Crippen LogP contribution < -0.4 is 15.4 Å². The van der Waals surface area contributed by atoms with E-state index in [0.717, 1.165) is 0 Å². The number of nitrogens with one attached hydrogen (secondary N) is 2. The van der Waals surface area contributed by atoms with Crippen molar-refractivity contribution in [3.8, 4) is 11.6 Å². The normalized spacial score (nSPS) is 10.3. The second-order valence-corrected chi connectivity index (χ2v) is 4.76. The molecule has 3 N–H and O–H groups in total. The van der Waals surface area contributed by atoms with Crippen LogP contribution in [0.1, 0.15) is 6.92 Å². The van der Waals surface area contributed by atoms with Crippen molar-refractivity contribution in [1.29, 1.82) is 0 Å². The second kappa shape index (κ2) is 6.95. The van der Waals surface area contributed by atoms with Crippen molar-refractivity contribution >= 4 is 34.4 Å². The summed E-state index contributed by atoms with van der Waals surface area (Å²) in [5.74, 6) is -0.742. The molecule has 0 saturated carbocycles. The number of halogens is 1. The van der Waals surface area contributed by atoms with E-state index < -0.39 is 6.09 Å². The van der Waals surface area contributed by atoms with Crippen molar-refractivity contribution in [2.75, 3.05) is 13.1 Å². The number of benzene rings is 1. The Hall–Kier alpha value is -2.54. The molecular weight excluding hydrogens is 310 g/mol. The molecule has 1 heterocycles. The van der Waals surface area contributed by atoms with Gasteiger partial charge >= 0.3 is 6.09 Å². The van der Waals surface area contributed by atoms with Crippen LogP contribution in [0.15, 0.2) is 24.3 Å². The summed E-state index contributed by atoms with van der Waals surface area (Å²) in [6, 6.07) is 6.81. The van der Waals surface area contributed by atoms with Crippen LogP contribution in [0.25, 0.3) is 10.8 Å². The molecule has 2 aromatic rings. The average molecular weight is 324 g/mol. The van der Waals surface area contributed by atoms with Crippen LogP contribution in [-0.2, 0) is 4.79 Å². The lowest BCUT2D eigenvalue weighted by molar-refractivity contribution is -0.118. The monoisotopic (exact) mass is 323 g/mol. The predicted octanol–water partition coefficient (Wildman–Crippen LogP) is 1.82. The second-order valence-electron chi connectivity index (χ2n) is 4.40. The van der Waals surface area contributed by atoms with Crippen LogP contribution in [0.5, 0.6) is 11.6 Å². The molecule has 116 valence electrons. The lowest BCUT2D eigenvalue weighted by Gasteiger charge is -2.10. The molecular formula is C14H14ClN3O4. The standard InChI is InChI=1S/C14H14ClN3O4/c1-8(19)16-6-7-17-14(21)22-13-11(20)9-4-2-3-5-10(9)12(15)18-13/h2-5,20H,6-7H2,1H3,(H,16,19)(H,17,21). The van der Waals surface area contributed by atoms with Crippen LogP contribution in [0.3, 0.4) is 0 Å². The van der Waals surface area contributed by atoms with E-state index in [-0.39, 0.29) is 35.8 Å². The number of hydrogen-bond donors (Lipinski definition) is 3. The fraction of sp³-hybridized carbons (Fsp3) is 0.214. The summed E-state index contributed by atoms with van der Waals surface area (Å²) in [4.78, 5) is 26.1. The van der Waals surface area contributed by atoms with Crippen LogP contribution in [0, 0.1) is 0 Å². The summed E-state index contributed by atoms with van der Waals surface area (Å²) in [6.45, 7) is 1.82. The number of fused-ring (bicyclic) bond motifs is 1. The van der Waals surface area contributed by atoms with E-state index in [1.54, 1.807) is 24.3 Å². The number of aromatic nitrogens is 1. The Kier molecular flexibility index (Phi) is 5.00. The Morgan fingerprint density at radius 1 is 1.23 bits per heavy atom. The molecule has 1 aromatic heterocycles. The highest BCUT2D eigenvalue weighted by Crippen LogP contribution is 2.36. The minimum absolute atomic E-state index is 0.120. The van der Waals surface area contributed by atoms with E-state index in [2.05, 4.69) is 15.6 Å². The van der Waals surface area contributed by atoms with E-state index in [4.69, 9.17) is 16.3 Å². The minimum atomic E-state index is -0.806. The number of carbonyl (C=O) groups is 2. The van der Waals surface area contributed by atoms with Gasteiger partial charge in [0.2, 0.25) is 5.91 Å². The first kappa shape index (κ1) is 15.8. The third-order valence-corrected chi connectivity index (χ3v) is 3.05. The van der Waals surface area contributed by atoms with Crippen LogP contribution in [0.4, 0.5) is 4.79 Å². The van der Waals surface area contributed by atoms with E-state index in [0.29, 0.717) is 10.8 Å². The molecule has 2 amide bonds. The van der Waals surface area contributed by atoms with Crippen molar-refractivity contribution in [1.82, 2.24) is 15.6 Å². The molecule has 0 aliphatic carbocycles. The summed E-state index contributed by atoms with van der Waals surface area (Å²) in [5.41, 5.74) is 0. The van der Waals surface area contributed by atoms with Crippen LogP contribution in [0.2, 0.25) is 5.15 Å². The molecule has 0 bridgehead atoms. The lowest BCUT2D eigenvalue weighted by atomic mass is 10.1. The first-order chi connectivity index (χ1) is 10.5. The smallest absolute Gasteiger partial charge is 0.414 e. The van der Waals surface area contributed by atoms with Crippen molar-refractivity contribution in [2.45, 2.75) is 6.92 Å². The Balaban J connectivity index is 2.06. The number of rotatable bonds is 4. The summed E-state index contributed by atoms with van der Waals surface area (Å²) in [6.07, 6.45) is -0.806. The topological polar surface area (TPSA) is 101 Å². The number of pyridine rings is 1. The molecule has 7 nitrogen and oxygen atoms in total. The maximum absolute atomic E-state index is 11.6. The highest BCUT2D eigenvalue weighted by Gasteiger charge is 2.16. The zero-order chi connectivity index (χ0) is 16.1. The number of amides is 2. The summed E-state index contributed by atoms with van der Waals surface area (Å²) in [5, 5.41) is 16.1. The van der Waals surface area contributed by atoms with E-state index >= 15 is 0 Å². The van der Waals surface area contributed by atoms with Gasteiger partial charge in [-0.15, -0.1) is 0 Å². The van der Waals surface area contributed by atoms with Crippen molar-refractivity contribution < 1.29 is 19.4 Å². The van der Waals surface area contributed by atoms with Gasteiger partial charge in [0.05, 0.1) is 0 Å². The van der Waals surface area contributed by atoms with Crippen LogP contribution in [-0.4, -0.2) is 35.2 Å². The van der Waals surface area contributed by atoms with Crippen LogP contribution >= 0.6 is 11.6 Å². The summed E-state index contributed by atoms with van der Waals surface area (Å²) < 4.78 is 4.93. The van der Waals surface area contributed by atoms with E-state index in [9.17, 15) is 14.7 Å². The zero-order valence-corrected chi connectivity index (χ0v) is 12.5. The molecule has 8 heteroatoms. The van der Waals surface area contributed by atoms with Crippen molar-refractivity contribution in [2.24, 2.45) is 0 Å². The van der Waals surface area contributed by atoms with E-state index in [1.165, 1.54) is 6.92 Å². The molecule has 0 aliphatic rings. The molecule has 0 unspecified atom stereocenters. The average Bonchev–Trinajstić information content (AvgIpc) is 2.49. The van der Waals surface area contributed by atoms with E-state index in [1.807, 2.05) is 0 Å². The van der Waals surface area contributed by atoms with Gasteiger partial charge in [0.15, 0.2) is 5.75 Å². The molecule has 22 heavy (non-hydrogen) atoms. The van der Waals surface area contributed by atoms with Gasteiger partial charge in [0, 0.05) is 30.8 Å². The third kappa shape index (κ3) is 3.76. The van der Waals surface area contributed by atoms with Gasteiger partial charge in [-0.3, -0.25) is 4.79 Å². The maximum atomic E-state index is 11.6. The Morgan fingerprint density at radius 3 is 2.55 bits per heavy atom. The largest absolute Gasteiger partial charge is 0.503 e. The predicted molar refractivity (Wildman–Crippen MR) is 81.1 cm³/mol. The van der Waals surface area contributed by atoms with Gasteiger partial charge in [0.1, 0.15) is 5.15 Å². The Labute approximate surface area is 131 Å². The number of aromatic hydroxyl groups is 1. The number of hydrogen-bond acceptors (Lipinski definition) is 5. The SMILES string of the molecule is CC(=O)NCCNC(=O)Oc1nc(Cl)c2ccccc2c1O. The molecule has 0 radical (unpaired) electrons. The maximum Gasteiger partial charge on any atom is 0.414 e. The minimum Gasteiger partial charge on any atom is -0.503 e. The van der Waals surface area contributed by atoms with Gasteiger partial charge in [-0.05, 0) is 0 Å². The first-order valence-electron chi connectivity index (χ1n) is 6.46. The van der Waals surface area contributed by atoms with Crippen molar-refractivity contribution in [3.05, 3.63) is 29.4 Å². The quantitative estimate of drug-likeness (QED) is 0.588. The van der Waals surface area contributed by atoms with Gasteiger partial charge in [-0.1, -0.05) is 35.9 Å². The van der Waals surface area contributed by atoms with Gasteiger partial charge < -0.3 is 20.5 Å². The number of carbonyl (C=O) groups excluding carboxylic acids is 2. The van der Waals surface area contributed by atoms with Gasteiger partial charge in [0.25, 0.3) is 5.88 Å². The van der Waals surface area contributed by atoms with Crippen molar-refractivity contribution in [3.63, 3.8) is 0 Å². The molecule has 0 fully saturated rings. The summed E-state index contributed by atoms with van der Waals surface area (Å²) >= 11 is 6.00. The lowest BCUT2D eigenvalue weighted by Crippen LogP contribution is -2.35. The fourth-order valence-electron chi connectivity index (χ4n) is 1.79. The van der Waals surface area contributed by atoms with Gasteiger partial charge in [-0.2, -0.15) is 4.98 Å². The molecule has 0 aliphatic heterocycles. The number of ether oxygens (including phenoxy) is 1.